The zero-order valence-electron chi connectivity index (χ0n) is 19.3. The van der Waals surface area contributed by atoms with Gasteiger partial charge in [0.25, 0.3) is 5.91 Å². The molecule has 0 bridgehead atoms. The van der Waals surface area contributed by atoms with Crippen LogP contribution in [0.25, 0.3) is 11.1 Å². The Kier molecular flexibility index (Phi) is 5.20. The van der Waals surface area contributed by atoms with E-state index in [0.29, 0.717) is 28.8 Å². The Bertz CT molecular complexity index is 1300. The lowest BCUT2D eigenvalue weighted by molar-refractivity contribution is 0.0824. The molecule has 0 unspecified atom stereocenters. The molecule has 1 saturated carbocycles. The molecule has 2 aliphatic rings. The van der Waals surface area contributed by atoms with E-state index < -0.39 is 11.7 Å². The highest BCUT2D eigenvalue weighted by atomic mass is 35.5. The van der Waals surface area contributed by atoms with Crippen LogP contribution in [-0.2, 0) is 5.41 Å². The summed E-state index contributed by atoms with van der Waals surface area (Å²) in [7, 11) is 3.11. The molecule has 34 heavy (non-hydrogen) atoms. The summed E-state index contributed by atoms with van der Waals surface area (Å²) >= 11 is 6.97. The maximum absolute atomic E-state index is 15.6. The smallest absolute Gasteiger partial charge is 0.258 e. The van der Waals surface area contributed by atoms with Gasteiger partial charge in [-0.3, -0.25) is 9.48 Å². The van der Waals surface area contributed by atoms with Gasteiger partial charge in [-0.1, -0.05) is 11.6 Å². The van der Waals surface area contributed by atoms with Gasteiger partial charge in [0.1, 0.15) is 17.5 Å². The second-order valence-electron chi connectivity index (χ2n) is 9.51. The fourth-order valence-electron chi connectivity index (χ4n) is 5.27. The Morgan fingerprint density at radius 2 is 2.09 bits per heavy atom. The number of hydrogen-bond acceptors (Lipinski definition) is 6. The number of fused-ring (bicyclic) bond motifs is 2. The van der Waals surface area contributed by atoms with Gasteiger partial charge in [-0.2, -0.15) is 5.10 Å². The van der Waals surface area contributed by atoms with Crippen LogP contribution in [0.5, 0.6) is 0 Å². The van der Waals surface area contributed by atoms with E-state index in [1.165, 1.54) is 11.0 Å². The molecule has 2 atom stereocenters. The number of carbonyl (C=O) groups excluding carboxylic acids is 1. The molecule has 2 aromatic heterocycles. The van der Waals surface area contributed by atoms with E-state index in [1.807, 2.05) is 17.8 Å². The first-order chi connectivity index (χ1) is 16.1. The molecule has 1 spiro atoms. The van der Waals surface area contributed by atoms with E-state index >= 15 is 4.39 Å². The van der Waals surface area contributed by atoms with Crippen LogP contribution in [-0.4, -0.2) is 46.2 Å². The lowest BCUT2D eigenvalue weighted by atomic mass is 9.80. The average Bonchev–Trinajstić information content (AvgIpc) is 3.48. The quantitative estimate of drug-likeness (QED) is 0.485. The van der Waals surface area contributed by atoms with E-state index in [2.05, 4.69) is 15.4 Å². The number of aromatic nitrogens is 3. The maximum Gasteiger partial charge on any atom is 0.258 e. The number of benzene rings is 1. The fourth-order valence-corrected chi connectivity index (χ4v) is 5.71. The van der Waals surface area contributed by atoms with Crippen LogP contribution in [0.3, 0.4) is 0 Å². The number of carbonyl (C=O) groups is 1. The fraction of sp³-hybridized carbons (Fsp3) is 0.375. The predicted molar refractivity (Wildman–Crippen MR) is 132 cm³/mol. The van der Waals surface area contributed by atoms with Crippen LogP contribution >= 0.6 is 11.6 Å². The highest BCUT2D eigenvalue weighted by Gasteiger charge is 2.48. The number of hydrogen-bond donors (Lipinski definition) is 3. The molecule has 8 nitrogen and oxygen atoms in total. The molecular formula is C24H27ClFN7O. The van der Waals surface area contributed by atoms with E-state index in [4.69, 9.17) is 23.1 Å². The molecule has 1 aliphatic carbocycles. The van der Waals surface area contributed by atoms with Crippen LogP contribution in [0.1, 0.15) is 46.8 Å². The molecule has 1 aromatic carbocycles. The number of nitrogens with one attached hydrogen (secondary N) is 1. The lowest BCUT2D eigenvalue weighted by Crippen LogP contribution is -2.26. The minimum atomic E-state index is -0.700. The predicted octanol–water partition coefficient (Wildman–Crippen LogP) is 4.00. The zero-order chi connectivity index (χ0) is 24.4. The van der Waals surface area contributed by atoms with Gasteiger partial charge in [0, 0.05) is 66.4 Å². The summed E-state index contributed by atoms with van der Waals surface area (Å²) in [5.74, 6) is 0.0441. The van der Waals surface area contributed by atoms with Gasteiger partial charge in [-0.15, -0.1) is 0 Å². The van der Waals surface area contributed by atoms with Gasteiger partial charge in [0.15, 0.2) is 0 Å². The van der Waals surface area contributed by atoms with Crippen molar-refractivity contribution in [2.24, 2.45) is 0 Å². The number of amides is 1. The van der Waals surface area contributed by atoms with E-state index in [9.17, 15) is 4.79 Å². The van der Waals surface area contributed by atoms with Crippen molar-refractivity contribution in [3.8, 4) is 11.1 Å². The molecule has 3 heterocycles. The van der Waals surface area contributed by atoms with Crippen LogP contribution < -0.4 is 16.8 Å². The third-order valence-corrected chi connectivity index (χ3v) is 7.53. The van der Waals surface area contributed by atoms with Crippen LogP contribution in [0, 0.1) is 12.7 Å². The summed E-state index contributed by atoms with van der Waals surface area (Å²) in [5, 5.41) is 8.31. The molecule has 0 saturated heterocycles. The Labute approximate surface area is 202 Å². The summed E-state index contributed by atoms with van der Waals surface area (Å²) in [6, 6.07) is 3.26. The number of nitrogen functional groups attached to an aromatic ring is 2. The van der Waals surface area contributed by atoms with Crippen molar-refractivity contribution in [2.75, 3.05) is 37.4 Å². The third kappa shape index (κ3) is 3.29. The summed E-state index contributed by atoms with van der Waals surface area (Å²) < 4.78 is 17.5. The Morgan fingerprint density at radius 3 is 2.76 bits per heavy atom. The number of nitrogens with zero attached hydrogens (tertiary/aromatic N) is 4. The molecule has 5 N–H and O–H groups in total. The average molecular weight is 484 g/mol. The van der Waals surface area contributed by atoms with Crippen molar-refractivity contribution < 1.29 is 9.18 Å². The molecular weight excluding hydrogens is 457 g/mol. The third-order valence-electron chi connectivity index (χ3n) is 7.13. The molecule has 1 fully saturated rings. The normalized spacial score (nSPS) is 21.0. The second kappa shape index (κ2) is 7.87. The first kappa shape index (κ1) is 22.5. The van der Waals surface area contributed by atoms with Crippen LogP contribution in [0.15, 0.2) is 24.5 Å². The molecule has 1 aliphatic heterocycles. The topological polar surface area (TPSA) is 115 Å². The summed E-state index contributed by atoms with van der Waals surface area (Å²) in [4.78, 5) is 18.4. The van der Waals surface area contributed by atoms with Gasteiger partial charge in [0.2, 0.25) is 0 Å². The lowest BCUT2D eigenvalue weighted by Gasteiger charge is -2.25. The van der Waals surface area contributed by atoms with Gasteiger partial charge in [-0.25, -0.2) is 9.37 Å². The molecule has 3 aromatic rings. The molecule has 5 rings (SSSR count). The van der Waals surface area contributed by atoms with Crippen molar-refractivity contribution in [2.45, 2.75) is 37.6 Å². The number of nitrogens with two attached hydrogens (primary N) is 2. The largest absolute Gasteiger partial charge is 0.398 e. The molecule has 1 amide bonds. The van der Waals surface area contributed by atoms with Gasteiger partial charge < -0.3 is 21.7 Å². The first-order valence-corrected chi connectivity index (χ1v) is 11.5. The van der Waals surface area contributed by atoms with E-state index in [-0.39, 0.29) is 28.3 Å². The highest BCUT2D eigenvalue weighted by molar-refractivity contribution is 6.34. The second-order valence-corrected chi connectivity index (χ2v) is 9.89. The van der Waals surface area contributed by atoms with Gasteiger partial charge >= 0.3 is 0 Å². The first-order valence-electron chi connectivity index (χ1n) is 11.2. The van der Waals surface area contributed by atoms with Crippen LogP contribution in [0.4, 0.5) is 21.7 Å². The minimum Gasteiger partial charge on any atom is -0.398 e. The number of aryl methyl sites for hydroxylation is 1. The minimum absolute atomic E-state index is 0.0794. The van der Waals surface area contributed by atoms with Crippen molar-refractivity contribution >= 4 is 34.8 Å². The number of halogens is 2. The summed E-state index contributed by atoms with van der Waals surface area (Å²) in [5.41, 5.74) is 14.1. The van der Waals surface area contributed by atoms with E-state index in [0.717, 1.165) is 30.4 Å². The SMILES string of the molecule is Cc1cn([C@@H]2CC[C@@]3(CNc4ncc(-c5ccc(N)c(C(=O)N(C)C)c5F)c(Cl)c43)C2)nc1N. The molecule has 10 heteroatoms. The van der Waals surface area contributed by atoms with Crippen LogP contribution in [0.2, 0.25) is 5.02 Å². The molecule has 0 radical (unpaired) electrons. The Morgan fingerprint density at radius 1 is 1.32 bits per heavy atom. The monoisotopic (exact) mass is 483 g/mol. The maximum atomic E-state index is 15.6. The Balaban J connectivity index is 1.57. The highest BCUT2D eigenvalue weighted by Crippen LogP contribution is 2.54. The van der Waals surface area contributed by atoms with Crippen molar-refractivity contribution in [1.82, 2.24) is 19.7 Å². The number of anilines is 3. The number of pyridine rings is 1. The van der Waals surface area contributed by atoms with Crippen molar-refractivity contribution in [3.63, 3.8) is 0 Å². The van der Waals surface area contributed by atoms with Gasteiger partial charge in [0.05, 0.1) is 16.6 Å². The van der Waals surface area contributed by atoms with Gasteiger partial charge in [-0.05, 0) is 38.3 Å². The van der Waals surface area contributed by atoms with E-state index in [1.54, 1.807) is 26.4 Å². The zero-order valence-corrected chi connectivity index (χ0v) is 20.1. The Hall–Kier alpha value is -3.33. The molecule has 178 valence electrons. The summed E-state index contributed by atoms with van der Waals surface area (Å²) in [6.07, 6.45) is 6.14. The standard InChI is InChI=1S/C24H27ClFN7O/c1-12-10-33(31-21(12)28)13-6-7-24(8-13)11-30-22-18(24)19(25)15(9-29-22)14-4-5-16(27)17(20(14)26)23(34)32(2)3/h4-5,9-10,13H,6-8,11,27H2,1-3H3,(H2,28,31)(H,29,30)/t13-,24+/m1/s1. The van der Waals surface area contributed by atoms with Crippen molar-refractivity contribution in [1.29, 1.82) is 0 Å². The summed E-state index contributed by atoms with van der Waals surface area (Å²) in [6.45, 7) is 2.64. The number of rotatable bonds is 3. The van der Waals surface area contributed by atoms with Crippen molar-refractivity contribution in [3.05, 3.63) is 52.1 Å².